The number of nitrogens with zero attached hydrogens (tertiary/aromatic N) is 3. The van der Waals surface area contributed by atoms with E-state index < -0.39 is 45.2 Å². The predicted octanol–water partition coefficient (Wildman–Crippen LogP) is 2.35. The summed E-state index contributed by atoms with van der Waals surface area (Å²) in [5, 5.41) is 16.7. The van der Waals surface area contributed by atoms with E-state index in [0.717, 1.165) is 30.2 Å². The lowest BCUT2D eigenvalue weighted by Gasteiger charge is -2.08. The van der Waals surface area contributed by atoms with Gasteiger partial charge in [-0.25, -0.2) is 22.4 Å². The molecule has 0 bridgehead atoms. The van der Waals surface area contributed by atoms with Crippen molar-refractivity contribution in [1.82, 2.24) is 15.8 Å². The highest BCUT2D eigenvalue weighted by Crippen LogP contribution is 2.29. The van der Waals surface area contributed by atoms with Gasteiger partial charge in [0.15, 0.2) is 38.0 Å². The Hall–Kier alpha value is -2.65. The van der Waals surface area contributed by atoms with Crippen LogP contribution in [0.4, 0.5) is 18.9 Å². The van der Waals surface area contributed by atoms with Crippen LogP contribution in [0.3, 0.4) is 0 Å². The Kier molecular flexibility index (Phi) is 8.82. The molecular formula is C16H17F3N4O6S2. The third-order valence-corrected chi connectivity index (χ3v) is 5.32. The number of amidine groups is 1. The number of nitrogens with one attached hydrogen (secondary N) is 1. The van der Waals surface area contributed by atoms with Crippen LogP contribution in [0.1, 0.15) is 18.5 Å². The summed E-state index contributed by atoms with van der Waals surface area (Å²) in [6.45, 7) is -3.24. The monoisotopic (exact) mass is 482 g/mol. The Morgan fingerprint density at radius 2 is 2.13 bits per heavy atom. The zero-order valence-electron chi connectivity index (χ0n) is 15.9. The Morgan fingerprint density at radius 3 is 2.77 bits per heavy atom. The van der Waals surface area contributed by atoms with Crippen LogP contribution in [0.25, 0.3) is 0 Å². The van der Waals surface area contributed by atoms with E-state index in [0.29, 0.717) is 12.2 Å². The second-order valence-electron chi connectivity index (χ2n) is 6.02. The molecule has 0 fully saturated rings. The van der Waals surface area contributed by atoms with Gasteiger partial charge in [0.25, 0.3) is 0 Å². The SMILES string of the molecule is CS(=O)(=O)CC(=O)CCCSc1nonc1C(=Nc1cccc(OC(F)F)c1F)NO. The maximum atomic E-state index is 14.3. The van der Waals surface area contributed by atoms with Crippen LogP contribution in [0.5, 0.6) is 5.75 Å². The summed E-state index contributed by atoms with van der Waals surface area (Å²) < 4.78 is 69.8. The summed E-state index contributed by atoms with van der Waals surface area (Å²) in [6.07, 6.45) is 1.32. The van der Waals surface area contributed by atoms with E-state index in [9.17, 15) is 31.6 Å². The third kappa shape index (κ3) is 7.84. The number of ether oxygens (including phenoxy) is 1. The molecule has 0 unspecified atom stereocenters. The first kappa shape index (κ1) is 24.6. The maximum Gasteiger partial charge on any atom is 0.387 e. The van der Waals surface area contributed by atoms with Crippen LogP contribution in [-0.2, 0) is 14.6 Å². The van der Waals surface area contributed by atoms with Gasteiger partial charge in [0.2, 0.25) is 0 Å². The summed E-state index contributed by atoms with van der Waals surface area (Å²) in [5.41, 5.74) is 1.18. The molecule has 1 aromatic carbocycles. The van der Waals surface area contributed by atoms with E-state index in [1.54, 1.807) is 5.48 Å². The molecule has 1 aromatic heterocycles. The minimum absolute atomic E-state index is 0.0298. The van der Waals surface area contributed by atoms with Crippen LogP contribution >= 0.6 is 11.8 Å². The molecule has 0 atom stereocenters. The molecule has 0 saturated heterocycles. The average molecular weight is 482 g/mol. The van der Waals surface area contributed by atoms with Gasteiger partial charge in [0, 0.05) is 18.4 Å². The lowest BCUT2D eigenvalue weighted by Crippen LogP contribution is -2.21. The van der Waals surface area contributed by atoms with Crippen molar-refractivity contribution in [3.8, 4) is 5.75 Å². The first-order valence-electron chi connectivity index (χ1n) is 8.48. The van der Waals surface area contributed by atoms with Crippen LogP contribution < -0.4 is 10.2 Å². The first-order valence-corrected chi connectivity index (χ1v) is 11.5. The molecule has 2 N–H and O–H groups in total. The molecule has 1 heterocycles. The fourth-order valence-electron chi connectivity index (χ4n) is 2.25. The number of hydrogen-bond donors (Lipinski definition) is 2. The third-order valence-electron chi connectivity index (χ3n) is 3.44. The number of aliphatic imine (C=N–C) groups is 1. The fourth-order valence-corrected chi connectivity index (χ4v) is 3.81. The molecule has 170 valence electrons. The maximum absolute atomic E-state index is 14.3. The Labute approximate surface area is 178 Å². The van der Waals surface area contributed by atoms with Gasteiger partial charge in [-0.1, -0.05) is 6.07 Å². The number of ketones is 1. The lowest BCUT2D eigenvalue weighted by atomic mass is 10.2. The summed E-state index contributed by atoms with van der Waals surface area (Å²) in [6, 6.07) is 3.36. The van der Waals surface area contributed by atoms with Gasteiger partial charge in [-0.3, -0.25) is 15.5 Å². The summed E-state index contributed by atoms with van der Waals surface area (Å²) in [4.78, 5) is 15.4. The number of carbonyl (C=O) groups is 1. The van der Waals surface area contributed by atoms with Crippen molar-refractivity contribution in [1.29, 1.82) is 0 Å². The van der Waals surface area contributed by atoms with Crippen molar-refractivity contribution in [3.63, 3.8) is 0 Å². The number of thioether (sulfide) groups is 1. The zero-order chi connectivity index (χ0) is 23.0. The summed E-state index contributed by atoms with van der Waals surface area (Å²) in [7, 11) is -3.39. The quantitative estimate of drug-likeness (QED) is 0.161. The Morgan fingerprint density at radius 1 is 1.39 bits per heavy atom. The van der Waals surface area contributed by atoms with E-state index in [1.165, 1.54) is 6.07 Å². The Bertz CT molecular complexity index is 1050. The van der Waals surface area contributed by atoms with Crippen molar-refractivity contribution in [2.45, 2.75) is 24.5 Å². The molecule has 2 rings (SSSR count). The minimum atomic E-state index is -3.39. The number of hydroxylamine groups is 1. The number of rotatable bonds is 11. The highest BCUT2D eigenvalue weighted by molar-refractivity contribution is 7.99. The van der Waals surface area contributed by atoms with Gasteiger partial charge < -0.3 is 4.74 Å². The van der Waals surface area contributed by atoms with Crippen molar-refractivity contribution in [3.05, 3.63) is 29.7 Å². The molecule has 0 saturated carbocycles. The molecule has 0 aliphatic carbocycles. The normalized spacial score (nSPS) is 12.3. The topological polar surface area (TPSA) is 144 Å². The summed E-state index contributed by atoms with van der Waals surface area (Å²) in [5.74, 6) is -2.96. The predicted molar refractivity (Wildman–Crippen MR) is 103 cm³/mol. The zero-order valence-corrected chi connectivity index (χ0v) is 17.6. The standard InChI is InChI=1S/C16H17F3N4O6S2/c1-31(26,27)8-9(24)4-3-7-30-15-13(22-29-23-15)14(21-25)20-10-5-2-6-11(12(10)17)28-16(18)19/h2,5-6,16,25H,3-4,7-8H2,1H3,(H,20,21). The molecular weight excluding hydrogens is 465 g/mol. The largest absolute Gasteiger partial charge is 0.432 e. The molecule has 0 radical (unpaired) electrons. The van der Waals surface area contributed by atoms with Crippen LogP contribution in [0.2, 0.25) is 0 Å². The molecule has 31 heavy (non-hydrogen) atoms. The van der Waals surface area contributed by atoms with E-state index in [2.05, 4.69) is 24.7 Å². The average Bonchev–Trinajstić information content (AvgIpc) is 3.12. The molecule has 0 aliphatic heterocycles. The van der Waals surface area contributed by atoms with E-state index in [-0.39, 0.29) is 23.0 Å². The van der Waals surface area contributed by atoms with E-state index in [4.69, 9.17) is 0 Å². The number of aromatic nitrogens is 2. The summed E-state index contributed by atoms with van der Waals surface area (Å²) >= 11 is 1.07. The van der Waals surface area contributed by atoms with Crippen LogP contribution in [-0.4, -0.2) is 59.9 Å². The van der Waals surface area contributed by atoms with Crippen LogP contribution in [0, 0.1) is 5.82 Å². The lowest BCUT2D eigenvalue weighted by molar-refractivity contribution is -0.116. The highest BCUT2D eigenvalue weighted by Gasteiger charge is 2.19. The smallest absolute Gasteiger partial charge is 0.387 e. The fraction of sp³-hybridized carbons (Fsp3) is 0.375. The van der Waals surface area contributed by atoms with Gasteiger partial charge in [-0.2, -0.15) is 8.78 Å². The van der Waals surface area contributed by atoms with Crippen molar-refractivity contribution >= 4 is 38.9 Å². The van der Waals surface area contributed by atoms with Gasteiger partial charge in [0.05, 0.1) is 0 Å². The van der Waals surface area contributed by atoms with E-state index >= 15 is 0 Å². The van der Waals surface area contributed by atoms with Gasteiger partial charge in [-0.05, 0) is 28.9 Å². The van der Waals surface area contributed by atoms with Gasteiger partial charge in [-0.15, -0.1) is 11.8 Å². The van der Waals surface area contributed by atoms with Crippen LogP contribution in [0.15, 0.2) is 32.8 Å². The first-order chi connectivity index (χ1) is 14.6. The second kappa shape index (κ2) is 11.1. The number of hydrogen-bond acceptors (Lipinski definition) is 10. The molecule has 2 aromatic rings. The molecule has 15 heteroatoms. The molecule has 0 spiro atoms. The molecule has 0 amide bonds. The second-order valence-corrected chi connectivity index (χ2v) is 9.24. The van der Waals surface area contributed by atoms with Gasteiger partial charge in [0.1, 0.15) is 17.2 Å². The van der Waals surface area contributed by atoms with Gasteiger partial charge >= 0.3 is 6.61 Å². The number of benzene rings is 1. The van der Waals surface area contributed by atoms with Crippen molar-refractivity contribution < 1.29 is 41.0 Å². The molecule has 10 nitrogen and oxygen atoms in total. The Balaban J connectivity index is 2.10. The number of sulfone groups is 1. The van der Waals surface area contributed by atoms with Crippen molar-refractivity contribution in [2.75, 3.05) is 17.8 Å². The number of carbonyl (C=O) groups excluding carboxylic acids is 1. The van der Waals surface area contributed by atoms with Crippen molar-refractivity contribution in [2.24, 2.45) is 4.99 Å². The molecule has 0 aliphatic rings. The number of halogens is 3. The number of alkyl halides is 2. The minimum Gasteiger partial charge on any atom is -0.432 e. The van der Waals surface area contributed by atoms with E-state index in [1.807, 2.05) is 0 Å². The number of Topliss-reactive ketones (excluding diaryl/α,β-unsaturated/α-hetero) is 1. The highest BCUT2D eigenvalue weighted by atomic mass is 32.2.